The molecule has 2 fully saturated rings. The molecule has 2 aliphatic carbocycles. The molecule has 3 rings (SSSR count). The van der Waals surface area contributed by atoms with E-state index in [9.17, 15) is 4.79 Å². The van der Waals surface area contributed by atoms with Crippen LogP contribution in [-0.2, 0) is 0 Å². The first-order chi connectivity index (χ1) is 8.62. The van der Waals surface area contributed by atoms with Crippen LogP contribution in [0.2, 0.25) is 0 Å². The molecular weight excluding hydrogens is 230 g/mol. The van der Waals surface area contributed by atoms with E-state index >= 15 is 0 Å². The predicted octanol–water partition coefficient (Wildman–Crippen LogP) is 0.539. The van der Waals surface area contributed by atoms with Crippen molar-refractivity contribution in [1.29, 1.82) is 0 Å². The van der Waals surface area contributed by atoms with Crippen LogP contribution in [0, 0.1) is 5.92 Å². The largest absolute Gasteiger partial charge is 0.343 e. The molecule has 0 saturated heterocycles. The maximum atomic E-state index is 12.1. The molecule has 1 heterocycles. The maximum absolute atomic E-state index is 12.1. The average molecular weight is 249 g/mol. The summed E-state index contributed by atoms with van der Waals surface area (Å²) >= 11 is 0. The summed E-state index contributed by atoms with van der Waals surface area (Å²) in [5, 5.41) is 9.82. The molecule has 18 heavy (non-hydrogen) atoms. The van der Waals surface area contributed by atoms with Crippen LogP contribution in [0.4, 0.5) is 0 Å². The van der Waals surface area contributed by atoms with E-state index in [0.29, 0.717) is 18.4 Å². The third-order valence-electron chi connectivity index (χ3n) is 3.97. The Morgan fingerprint density at radius 2 is 2.22 bits per heavy atom. The van der Waals surface area contributed by atoms with Crippen molar-refractivity contribution in [1.82, 2.24) is 20.5 Å². The van der Waals surface area contributed by atoms with Crippen molar-refractivity contribution in [3.63, 3.8) is 0 Å². The molecule has 0 bridgehead atoms. The fourth-order valence-electron chi connectivity index (χ4n) is 2.27. The number of carbonyl (C=O) groups is 1. The third kappa shape index (κ3) is 2.12. The zero-order chi connectivity index (χ0) is 12.8. The first-order valence-electron chi connectivity index (χ1n) is 6.57. The maximum Gasteiger partial charge on any atom is 0.291 e. The number of hydrogen-bond acceptors (Lipinski definition) is 4. The monoisotopic (exact) mass is 249 g/mol. The van der Waals surface area contributed by atoms with Crippen molar-refractivity contribution < 1.29 is 4.79 Å². The van der Waals surface area contributed by atoms with Crippen LogP contribution in [0.1, 0.15) is 55.0 Å². The van der Waals surface area contributed by atoms with Crippen LogP contribution in [-0.4, -0.2) is 33.2 Å². The minimum atomic E-state index is -0.322. The van der Waals surface area contributed by atoms with E-state index in [4.69, 9.17) is 5.73 Å². The van der Waals surface area contributed by atoms with Gasteiger partial charge < -0.3 is 11.1 Å². The van der Waals surface area contributed by atoms with Gasteiger partial charge in [0.25, 0.3) is 5.91 Å². The Balaban J connectivity index is 1.69. The Labute approximate surface area is 106 Å². The lowest BCUT2D eigenvalue weighted by Gasteiger charge is -2.28. The molecule has 0 radical (unpaired) electrons. The molecule has 4 N–H and O–H groups in total. The first-order valence-corrected chi connectivity index (χ1v) is 6.57. The highest BCUT2D eigenvalue weighted by Gasteiger charge is 2.42. The number of rotatable bonds is 5. The van der Waals surface area contributed by atoms with Gasteiger partial charge in [0.15, 0.2) is 0 Å². The molecule has 1 aromatic heterocycles. The Kier molecular flexibility index (Phi) is 2.62. The number of aromatic nitrogens is 3. The summed E-state index contributed by atoms with van der Waals surface area (Å²) in [4.78, 5) is 16.3. The molecule has 1 aromatic rings. The summed E-state index contributed by atoms with van der Waals surface area (Å²) in [6, 6.07) is 0. The average Bonchev–Trinajstić information content (AvgIpc) is 3.26. The van der Waals surface area contributed by atoms with Crippen LogP contribution >= 0.6 is 0 Å². The number of amides is 1. The predicted molar refractivity (Wildman–Crippen MR) is 66.0 cm³/mol. The Morgan fingerprint density at radius 3 is 2.78 bits per heavy atom. The van der Waals surface area contributed by atoms with Gasteiger partial charge >= 0.3 is 0 Å². The highest BCUT2D eigenvalue weighted by atomic mass is 16.2. The second kappa shape index (κ2) is 4.05. The van der Waals surface area contributed by atoms with Crippen molar-refractivity contribution >= 4 is 5.91 Å². The summed E-state index contributed by atoms with van der Waals surface area (Å²) in [7, 11) is 0. The molecular formula is C12H19N5O. The highest BCUT2D eigenvalue weighted by Crippen LogP contribution is 2.39. The Morgan fingerprint density at radius 1 is 1.50 bits per heavy atom. The molecule has 98 valence electrons. The van der Waals surface area contributed by atoms with Gasteiger partial charge in [0.1, 0.15) is 5.82 Å². The molecule has 0 aromatic carbocycles. The standard InChI is InChI=1S/C12H19N5O/c1-12(6-13,8-4-5-8)15-11(18)10-14-9(16-17-10)7-2-3-7/h7-8H,2-6,13H2,1H3,(H,15,18)(H,14,16,17). The number of nitrogens with zero attached hydrogens (tertiary/aromatic N) is 2. The minimum Gasteiger partial charge on any atom is -0.343 e. The lowest BCUT2D eigenvalue weighted by Crippen LogP contribution is -2.53. The summed E-state index contributed by atoms with van der Waals surface area (Å²) in [5.74, 6) is 1.81. The molecule has 1 atom stereocenters. The molecule has 2 saturated carbocycles. The number of nitrogens with one attached hydrogen (secondary N) is 2. The van der Waals surface area contributed by atoms with E-state index in [1.54, 1.807) is 0 Å². The molecule has 0 spiro atoms. The molecule has 0 aliphatic heterocycles. The highest BCUT2D eigenvalue weighted by molar-refractivity contribution is 5.91. The van der Waals surface area contributed by atoms with Crippen LogP contribution in [0.5, 0.6) is 0 Å². The lowest BCUT2D eigenvalue weighted by molar-refractivity contribution is 0.0887. The number of H-pyrrole nitrogens is 1. The van der Waals surface area contributed by atoms with Gasteiger partial charge in [-0.2, -0.15) is 0 Å². The Bertz CT molecular complexity index is 463. The van der Waals surface area contributed by atoms with E-state index in [1.807, 2.05) is 6.92 Å². The van der Waals surface area contributed by atoms with Gasteiger partial charge in [0.2, 0.25) is 5.82 Å². The van der Waals surface area contributed by atoms with E-state index < -0.39 is 0 Å². The third-order valence-corrected chi connectivity index (χ3v) is 3.97. The quantitative estimate of drug-likeness (QED) is 0.709. The molecule has 6 nitrogen and oxygen atoms in total. The van der Waals surface area contributed by atoms with Crippen molar-refractivity contribution in [2.45, 2.75) is 44.1 Å². The van der Waals surface area contributed by atoms with Crippen molar-refractivity contribution in [2.75, 3.05) is 6.54 Å². The molecule has 6 heteroatoms. The SMILES string of the molecule is CC(CN)(NC(=O)c1n[nH]c(C2CC2)n1)C1CC1. The second-order valence-electron chi connectivity index (χ2n) is 5.67. The van der Waals surface area contributed by atoms with Crippen molar-refractivity contribution in [2.24, 2.45) is 11.7 Å². The smallest absolute Gasteiger partial charge is 0.291 e. The zero-order valence-corrected chi connectivity index (χ0v) is 10.6. The number of carbonyl (C=O) groups excluding carboxylic acids is 1. The minimum absolute atomic E-state index is 0.224. The number of aromatic amines is 1. The van der Waals surface area contributed by atoms with Crippen LogP contribution in [0.3, 0.4) is 0 Å². The number of hydrogen-bond donors (Lipinski definition) is 3. The molecule has 1 amide bonds. The van der Waals surface area contributed by atoms with Gasteiger partial charge in [-0.25, -0.2) is 4.98 Å². The topological polar surface area (TPSA) is 96.7 Å². The van der Waals surface area contributed by atoms with E-state index in [0.717, 1.165) is 31.5 Å². The number of nitrogens with two attached hydrogens (primary N) is 1. The van der Waals surface area contributed by atoms with E-state index in [1.165, 1.54) is 0 Å². The van der Waals surface area contributed by atoms with Gasteiger partial charge in [-0.15, -0.1) is 5.10 Å². The fraction of sp³-hybridized carbons (Fsp3) is 0.750. The normalized spacial score (nSPS) is 22.6. The van der Waals surface area contributed by atoms with Gasteiger partial charge in [-0.05, 0) is 38.5 Å². The fourth-order valence-corrected chi connectivity index (χ4v) is 2.27. The van der Waals surface area contributed by atoms with Gasteiger partial charge in [-0.3, -0.25) is 9.89 Å². The van der Waals surface area contributed by atoms with E-state index in [2.05, 4.69) is 20.5 Å². The molecule has 1 unspecified atom stereocenters. The van der Waals surface area contributed by atoms with Gasteiger partial charge in [0.05, 0.1) is 5.54 Å². The van der Waals surface area contributed by atoms with Crippen LogP contribution in [0.15, 0.2) is 0 Å². The molecule has 2 aliphatic rings. The van der Waals surface area contributed by atoms with Crippen LogP contribution < -0.4 is 11.1 Å². The van der Waals surface area contributed by atoms with Crippen molar-refractivity contribution in [3.05, 3.63) is 11.6 Å². The van der Waals surface area contributed by atoms with E-state index in [-0.39, 0.29) is 17.3 Å². The zero-order valence-electron chi connectivity index (χ0n) is 10.6. The Hall–Kier alpha value is -1.43. The summed E-state index contributed by atoms with van der Waals surface area (Å²) < 4.78 is 0. The van der Waals surface area contributed by atoms with Gasteiger partial charge in [-0.1, -0.05) is 0 Å². The summed E-state index contributed by atoms with van der Waals surface area (Å²) in [6.45, 7) is 2.44. The van der Waals surface area contributed by atoms with Gasteiger partial charge in [0, 0.05) is 12.5 Å². The summed E-state index contributed by atoms with van der Waals surface area (Å²) in [6.07, 6.45) is 4.54. The van der Waals surface area contributed by atoms with Crippen LogP contribution in [0.25, 0.3) is 0 Å². The first kappa shape index (κ1) is 11.6. The summed E-state index contributed by atoms with van der Waals surface area (Å²) in [5.41, 5.74) is 5.45. The lowest BCUT2D eigenvalue weighted by atomic mass is 9.96. The second-order valence-corrected chi connectivity index (χ2v) is 5.67. The van der Waals surface area contributed by atoms with Crippen molar-refractivity contribution in [3.8, 4) is 0 Å².